The molecule has 2 aromatic rings. The van der Waals surface area contributed by atoms with Gasteiger partial charge in [-0.15, -0.1) is 0 Å². The fourth-order valence-corrected chi connectivity index (χ4v) is 3.03. The molecule has 0 radical (unpaired) electrons. The second kappa shape index (κ2) is 8.60. The van der Waals surface area contributed by atoms with Crippen molar-refractivity contribution in [3.8, 4) is 17.2 Å². The van der Waals surface area contributed by atoms with Gasteiger partial charge in [0.2, 0.25) is 5.91 Å². The molecule has 1 saturated heterocycles. The van der Waals surface area contributed by atoms with Crippen LogP contribution in [0.5, 0.6) is 17.2 Å². The number of ether oxygens (including phenoxy) is 2. The van der Waals surface area contributed by atoms with E-state index in [0.717, 1.165) is 18.2 Å². The minimum Gasteiger partial charge on any atom is -0.490 e. The lowest BCUT2D eigenvalue weighted by Crippen LogP contribution is -2.45. The first-order valence-corrected chi connectivity index (χ1v) is 8.98. The van der Waals surface area contributed by atoms with E-state index >= 15 is 0 Å². The molecule has 3 rings (SSSR count). The molecule has 0 bridgehead atoms. The molecule has 0 aromatic heterocycles. The number of amides is 2. The highest BCUT2D eigenvalue weighted by Gasteiger charge is 2.33. The fourth-order valence-electron chi connectivity index (χ4n) is 3.03. The molecule has 2 amide bonds. The third-order valence-electron chi connectivity index (χ3n) is 4.49. The van der Waals surface area contributed by atoms with Crippen molar-refractivity contribution >= 4 is 11.8 Å². The summed E-state index contributed by atoms with van der Waals surface area (Å²) in [6.45, 7) is 0.343. The van der Waals surface area contributed by atoms with Gasteiger partial charge in [0.25, 0.3) is 5.91 Å². The van der Waals surface area contributed by atoms with E-state index < -0.39 is 35.1 Å². The van der Waals surface area contributed by atoms with E-state index in [4.69, 9.17) is 9.47 Å². The van der Waals surface area contributed by atoms with Gasteiger partial charge in [0.15, 0.2) is 17.3 Å². The van der Waals surface area contributed by atoms with Crippen molar-refractivity contribution in [2.24, 2.45) is 0 Å². The lowest BCUT2D eigenvalue weighted by Gasteiger charge is -2.24. The quantitative estimate of drug-likeness (QED) is 0.716. The molecule has 0 aliphatic carbocycles. The van der Waals surface area contributed by atoms with Gasteiger partial charge in [-0.2, -0.15) is 13.2 Å². The van der Waals surface area contributed by atoms with Gasteiger partial charge >= 0.3 is 6.18 Å². The molecule has 6 nitrogen and oxygen atoms in total. The second-order valence-electron chi connectivity index (χ2n) is 6.60. The summed E-state index contributed by atoms with van der Waals surface area (Å²) in [7, 11) is 1.21. The summed E-state index contributed by atoms with van der Waals surface area (Å²) in [5.41, 5.74) is -1.45. The zero-order valence-electron chi connectivity index (χ0n) is 15.8. The van der Waals surface area contributed by atoms with E-state index in [9.17, 15) is 27.2 Å². The Balaban J connectivity index is 1.95. The Labute approximate surface area is 169 Å². The molecule has 1 unspecified atom stereocenters. The largest absolute Gasteiger partial charge is 0.490 e. The molecule has 30 heavy (non-hydrogen) atoms. The average molecular weight is 426 g/mol. The van der Waals surface area contributed by atoms with Crippen LogP contribution in [0.25, 0.3) is 0 Å². The fraction of sp³-hybridized carbons (Fsp3) is 0.300. The first-order valence-electron chi connectivity index (χ1n) is 8.98. The molecule has 0 saturated carbocycles. The van der Waals surface area contributed by atoms with E-state index in [-0.39, 0.29) is 29.6 Å². The van der Waals surface area contributed by atoms with E-state index in [2.05, 4.69) is 10.6 Å². The number of hydrogen-bond donors (Lipinski definition) is 2. The zero-order valence-corrected chi connectivity index (χ0v) is 15.8. The zero-order chi connectivity index (χ0) is 21.9. The molecule has 1 aliphatic rings. The van der Waals surface area contributed by atoms with Crippen molar-refractivity contribution in [2.75, 3.05) is 13.7 Å². The number of rotatable bonds is 5. The van der Waals surface area contributed by atoms with Crippen molar-refractivity contribution in [1.82, 2.24) is 10.6 Å². The van der Waals surface area contributed by atoms with Gasteiger partial charge < -0.3 is 20.1 Å². The Kier molecular flexibility index (Phi) is 6.14. The van der Waals surface area contributed by atoms with Crippen LogP contribution in [-0.2, 0) is 11.0 Å². The number of hydrogen-bond acceptors (Lipinski definition) is 4. The number of para-hydroxylation sites is 1. The van der Waals surface area contributed by atoms with Gasteiger partial charge in [-0.1, -0.05) is 6.07 Å². The number of methoxy groups -OCH3 is 1. The Morgan fingerprint density at radius 2 is 1.97 bits per heavy atom. The normalized spacial score (nSPS) is 16.6. The molecule has 160 valence electrons. The summed E-state index contributed by atoms with van der Waals surface area (Å²) in [5.74, 6) is -2.43. The Morgan fingerprint density at radius 1 is 1.20 bits per heavy atom. The first kappa shape index (κ1) is 21.4. The molecular formula is C20H18F4N2O4. The summed E-state index contributed by atoms with van der Waals surface area (Å²) < 4.78 is 63.9. The number of halogens is 4. The lowest BCUT2D eigenvalue weighted by atomic mass is 10.0. The minimum absolute atomic E-state index is 0.0125. The van der Waals surface area contributed by atoms with Crippen LogP contribution >= 0.6 is 0 Å². The first-order chi connectivity index (χ1) is 14.2. The number of carbonyl (C=O) groups is 2. The summed E-state index contributed by atoms with van der Waals surface area (Å²) in [5, 5.41) is 5.16. The molecular weight excluding hydrogens is 408 g/mol. The van der Waals surface area contributed by atoms with Crippen LogP contribution in [0.3, 0.4) is 0 Å². The molecule has 1 atom stereocenters. The Morgan fingerprint density at radius 3 is 2.63 bits per heavy atom. The molecule has 1 aliphatic heterocycles. The predicted molar refractivity (Wildman–Crippen MR) is 98.0 cm³/mol. The van der Waals surface area contributed by atoms with E-state index in [1.54, 1.807) is 0 Å². The van der Waals surface area contributed by atoms with Gasteiger partial charge in [-0.25, -0.2) is 4.39 Å². The van der Waals surface area contributed by atoms with Crippen molar-refractivity contribution in [2.45, 2.75) is 25.1 Å². The van der Waals surface area contributed by atoms with Crippen molar-refractivity contribution in [3.05, 3.63) is 53.3 Å². The van der Waals surface area contributed by atoms with Crippen LogP contribution in [0.4, 0.5) is 17.6 Å². The van der Waals surface area contributed by atoms with Gasteiger partial charge in [-0.05, 0) is 36.8 Å². The van der Waals surface area contributed by atoms with Gasteiger partial charge in [0.1, 0.15) is 5.75 Å². The van der Waals surface area contributed by atoms with Crippen LogP contribution in [0.15, 0.2) is 36.4 Å². The summed E-state index contributed by atoms with van der Waals surface area (Å²) in [6, 6.07) is 5.67. The average Bonchev–Trinajstić information content (AvgIpc) is 2.67. The summed E-state index contributed by atoms with van der Waals surface area (Å²) >= 11 is 0. The number of alkyl halides is 3. The van der Waals surface area contributed by atoms with E-state index in [0.29, 0.717) is 19.0 Å². The highest BCUT2D eigenvalue weighted by atomic mass is 19.4. The number of benzene rings is 2. The minimum atomic E-state index is -4.69. The molecule has 1 fully saturated rings. The molecule has 2 N–H and O–H groups in total. The molecule has 2 aromatic carbocycles. The van der Waals surface area contributed by atoms with Gasteiger partial charge in [0, 0.05) is 19.0 Å². The molecule has 1 heterocycles. The van der Waals surface area contributed by atoms with E-state index in [1.807, 2.05) is 0 Å². The summed E-state index contributed by atoms with van der Waals surface area (Å²) in [6.07, 6.45) is -4.24. The SMILES string of the molecule is COc1c(F)cccc1Oc1ccc(C(F)(F)F)cc1C(=O)NC1CCNC(=O)C1. The molecule has 0 spiro atoms. The monoisotopic (exact) mass is 426 g/mol. The third-order valence-corrected chi connectivity index (χ3v) is 4.49. The van der Waals surface area contributed by atoms with Crippen molar-refractivity contribution < 1.29 is 36.6 Å². The van der Waals surface area contributed by atoms with Crippen molar-refractivity contribution in [3.63, 3.8) is 0 Å². The van der Waals surface area contributed by atoms with Crippen LogP contribution in [0, 0.1) is 5.82 Å². The summed E-state index contributed by atoms with van der Waals surface area (Å²) in [4.78, 5) is 24.2. The maximum atomic E-state index is 13.9. The van der Waals surface area contributed by atoms with Gasteiger partial charge in [-0.3, -0.25) is 9.59 Å². The lowest BCUT2D eigenvalue weighted by molar-refractivity contribution is -0.137. The highest BCUT2D eigenvalue weighted by Crippen LogP contribution is 2.37. The van der Waals surface area contributed by atoms with Crippen LogP contribution in [0.2, 0.25) is 0 Å². The van der Waals surface area contributed by atoms with Crippen LogP contribution in [-0.4, -0.2) is 31.5 Å². The predicted octanol–water partition coefficient (Wildman–Crippen LogP) is 3.65. The third kappa shape index (κ3) is 4.81. The maximum Gasteiger partial charge on any atom is 0.416 e. The smallest absolute Gasteiger partial charge is 0.416 e. The van der Waals surface area contributed by atoms with Crippen LogP contribution < -0.4 is 20.1 Å². The second-order valence-corrected chi connectivity index (χ2v) is 6.60. The number of nitrogens with one attached hydrogen (secondary N) is 2. The number of piperidine rings is 1. The number of carbonyl (C=O) groups excluding carboxylic acids is 2. The van der Waals surface area contributed by atoms with Crippen LogP contribution in [0.1, 0.15) is 28.8 Å². The Hall–Kier alpha value is -3.30. The van der Waals surface area contributed by atoms with E-state index in [1.165, 1.54) is 19.2 Å². The maximum absolute atomic E-state index is 13.9. The molecule has 10 heteroatoms. The van der Waals surface area contributed by atoms with Gasteiger partial charge in [0.05, 0.1) is 18.2 Å². The Bertz CT molecular complexity index is 962. The topological polar surface area (TPSA) is 76.7 Å². The standard InChI is InChI=1S/C20H18F4N2O4/c1-29-18-14(21)3-2-4-16(18)30-15-6-5-11(20(22,23)24)9-13(15)19(28)26-12-7-8-25-17(27)10-12/h2-6,9,12H,7-8,10H2,1H3,(H,25,27)(H,26,28). The highest BCUT2D eigenvalue weighted by molar-refractivity contribution is 5.97. The van der Waals surface area contributed by atoms with Crippen molar-refractivity contribution in [1.29, 1.82) is 0 Å².